The van der Waals surface area contributed by atoms with E-state index in [2.05, 4.69) is 10.3 Å². The van der Waals surface area contributed by atoms with Crippen molar-refractivity contribution < 1.29 is 19.1 Å². The number of hydrogen-bond acceptors (Lipinski definition) is 5. The van der Waals surface area contributed by atoms with Gasteiger partial charge >= 0.3 is 5.97 Å². The van der Waals surface area contributed by atoms with E-state index in [1.165, 1.54) is 0 Å². The third kappa shape index (κ3) is 2.33. The van der Waals surface area contributed by atoms with Crippen LogP contribution in [0.2, 0.25) is 0 Å². The number of carbonyl (C=O) groups is 1. The van der Waals surface area contributed by atoms with Gasteiger partial charge in [0.2, 0.25) is 0 Å². The Morgan fingerprint density at radius 3 is 3.06 bits per heavy atom. The lowest BCUT2D eigenvalue weighted by Gasteiger charge is -2.34. The molecule has 16 heavy (non-hydrogen) atoms. The topological polar surface area (TPSA) is 84.6 Å². The van der Waals surface area contributed by atoms with Gasteiger partial charge in [0.1, 0.15) is 6.26 Å². The molecule has 0 spiro atoms. The van der Waals surface area contributed by atoms with Crippen LogP contribution in [0.3, 0.4) is 0 Å². The number of anilines is 1. The van der Waals surface area contributed by atoms with Crippen LogP contribution in [-0.4, -0.2) is 34.8 Å². The summed E-state index contributed by atoms with van der Waals surface area (Å²) in [6, 6.07) is 0.522. The first-order valence-corrected chi connectivity index (χ1v) is 5.26. The van der Waals surface area contributed by atoms with E-state index in [9.17, 15) is 4.79 Å². The van der Waals surface area contributed by atoms with Gasteiger partial charge < -0.3 is 19.6 Å². The van der Waals surface area contributed by atoms with Crippen molar-refractivity contribution in [1.82, 2.24) is 4.98 Å². The molecule has 0 radical (unpaired) electrons. The number of hydrogen-bond donors (Lipinski definition) is 2. The number of carboxylic acid groups (broad SMARTS) is 1. The summed E-state index contributed by atoms with van der Waals surface area (Å²) in [5, 5.41) is 11.7. The molecule has 1 aromatic heterocycles. The lowest BCUT2D eigenvalue weighted by molar-refractivity contribution is 0.00256. The Bertz CT molecular complexity index is 371. The monoisotopic (exact) mass is 226 g/mol. The zero-order chi connectivity index (χ0) is 11.5. The van der Waals surface area contributed by atoms with Gasteiger partial charge in [-0.1, -0.05) is 0 Å². The van der Waals surface area contributed by atoms with Crippen molar-refractivity contribution in [3.63, 3.8) is 0 Å². The zero-order valence-corrected chi connectivity index (χ0v) is 8.97. The Balaban J connectivity index is 1.80. The van der Waals surface area contributed by atoms with Crippen molar-refractivity contribution in [2.75, 3.05) is 11.9 Å². The van der Waals surface area contributed by atoms with Crippen LogP contribution in [0, 0.1) is 0 Å². The fourth-order valence-electron chi connectivity index (χ4n) is 1.67. The van der Waals surface area contributed by atoms with Crippen LogP contribution in [0.4, 0.5) is 6.01 Å². The summed E-state index contributed by atoms with van der Waals surface area (Å²) in [6.45, 7) is 2.69. The van der Waals surface area contributed by atoms with Gasteiger partial charge in [-0.15, -0.1) is 0 Å². The Labute approximate surface area is 92.6 Å². The van der Waals surface area contributed by atoms with E-state index in [1.54, 1.807) is 0 Å². The van der Waals surface area contributed by atoms with Gasteiger partial charge in [-0.3, -0.25) is 0 Å². The number of nitrogens with one attached hydrogen (secondary N) is 1. The van der Waals surface area contributed by atoms with Crippen molar-refractivity contribution in [2.45, 2.75) is 31.9 Å². The van der Waals surface area contributed by atoms with Crippen molar-refractivity contribution in [1.29, 1.82) is 0 Å². The van der Waals surface area contributed by atoms with Crippen molar-refractivity contribution in [2.24, 2.45) is 0 Å². The molecule has 1 aliphatic rings. The highest BCUT2D eigenvalue weighted by Crippen LogP contribution is 2.26. The normalized spacial score (nSPS) is 23.8. The van der Waals surface area contributed by atoms with Gasteiger partial charge in [0.15, 0.2) is 5.69 Å². The van der Waals surface area contributed by atoms with Crippen LogP contribution < -0.4 is 5.32 Å². The highest BCUT2D eigenvalue weighted by Gasteiger charge is 2.30. The number of nitrogens with zero attached hydrogens (tertiary/aromatic N) is 1. The molecule has 0 aliphatic heterocycles. The van der Waals surface area contributed by atoms with E-state index < -0.39 is 5.97 Å². The molecule has 0 bridgehead atoms. The Kier molecular flexibility index (Phi) is 3.09. The summed E-state index contributed by atoms with van der Waals surface area (Å²) in [5.41, 5.74) is -0.0804. The van der Waals surface area contributed by atoms with E-state index >= 15 is 0 Å². The Morgan fingerprint density at radius 2 is 2.50 bits per heavy atom. The summed E-state index contributed by atoms with van der Waals surface area (Å²) >= 11 is 0. The molecule has 2 rings (SSSR count). The number of carboxylic acids is 1. The standard InChI is InChI=1S/C10H14N2O4/c1-2-15-7-3-6(4-7)11-10-12-8(5-16-10)9(13)14/h5-7H,2-4H2,1H3,(H,11,12)(H,13,14). The molecule has 1 aliphatic carbocycles. The molecule has 0 aromatic carbocycles. The summed E-state index contributed by atoms with van der Waals surface area (Å²) in [4.78, 5) is 14.3. The van der Waals surface area contributed by atoms with Crippen LogP contribution >= 0.6 is 0 Å². The first kappa shape index (κ1) is 10.9. The van der Waals surface area contributed by atoms with Gasteiger partial charge in [-0.2, -0.15) is 4.98 Å². The lowest BCUT2D eigenvalue weighted by atomic mass is 9.89. The number of aromatic nitrogens is 1. The molecule has 0 atom stereocenters. The van der Waals surface area contributed by atoms with E-state index in [4.69, 9.17) is 14.3 Å². The third-order valence-electron chi connectivity index (χ3n) is 2.55. The highest BCUT2D eigenvalue weighted by molar-refractivity contribution is 5.85. The van der Waals surface area contributed by atoms with Crippen LogP contribution in [0.5, 0.6) is 0 Å². The zero-order valence-electron chi connectivity index (χ0n) is 8.97. The van der Waals surface area contributed by atoms with Crippen molar-refractivity contribution >= 4 is 12.0 Å². The maximum atomic E-state index is 10.6. The first-order valence-electron chi connectivity index (χ1n) is 5.26. The maximum Gasteiger partial charge on any atom is 0.357 e. The van der Waals surface area contributed by atoms with Crippen molar-refractivity contribution in [3.05, 3.63) is 12.0 Å². The van der Waals surface area contributed by atoms with Gasteiger partial charge in [0.25, 0.3) is 6.01 Å². The van der Waals surface area contributed by atoms with Crippen LogP contribution in [-0.2, 0) is 4.74 Å². The predicted octanol–water partition coefficient (Wildman–Crippen LogP) is 1.35. The fraction of sp³-hybridized carbons (Fsp3) is 0.600. The Hall–Kier alpha value is -1.56. The summed E-state index contributed by atoms with van der Waals surface area (Å²) in [6.07, 6.45) is 3.23. The highest BCUT2D eigenvalue weighted by atomic mass is 16.5. The molecule has 0 amide bonds. The van der Waals surface area contributed by atoms with E-state index in [1.807, 2.05) is 6.92 Å². The predicted molar refractivity (Wildman–Crippen MR) is 55.5 cm³/mol. The lowest BCUT2D eigenvalue weighted by Crippen LogP contribution is -2.40. The second kappa shape index (κ2) is 4.52. The molecular weight excluding hydrogens is 212 g/mol. The molecule has 1 heterocycles. The molecule has 6 nitrogen and oxygen atoms in total. The second-order valence-corrected chi connectivity index (χ2v) is 3.73. The van der Waals surface area contributed by atoms with Crippen molar-refractivity contribution in [3.8, 4) is 0 Å². The first-order chi connectivity index (χ1) is 7.69. The minimum atomic E-state index is -1.09. The fourth-order valence-corrected chi connectivity index (χ4v) is 1.67. The molecule has 0 saturated heterocycles. The number of rotatable bonds is 5. The molecule has 2 N–H and O–H groups in total. The van der Waals surface area contributed by atoms with Crippen LogP contribution in [0.1, 0.15) is 30.3 Å². The molecule has 1 saturated carbocycles. The molecule has 6 heteroatoms. The maximum absolute atomic E-state index is 10.6. The van der Waals surface area contributed by atoms with Gasteiger partial charge in [-0.05, 0) is 19.8 Å². The summed E-state index contributed by atoms with van der Waals surface area (Å²) < 4.78 is 10.4. The summed E-state index contributed by atoms with van der Waals surface area (Å²) in [5.74, 6) is -1.09. The molecule has 1 fully saturated rings. The average Bonchev–Trinajstić information content (AvgIpc) is 2.63. The smallest absolute Gasteiger partial charge is 0.357 e. The van der Waals surface area contributed by atoms with E-state index in [0.29, 0.717) is 6.10 Å². The quantitative estimate of drug-likeness (QED) is 0.788. The van der Waals surface area contributed by atoms with Gasteiger partial charge in [-0.25, -0.2) is 4.79 Å². The minimum Gasteiger partial charge on any atom is -0.476 e. The SMILES string of the molecule is CCOC1CC(Nc2nc(C(=O)O)co2)C1. The van der Waals surface area contributed by atoms with Crippen LogP contribution in [0.25, 0.3) is 0 Å². The number of oxazole rings is 1. The second-order valence-electron chi connectivity index (χ2n) is 3.73. The Morgan fingerprint density at radius 1 is 1.75 bits per heavy atom. The van der Waals surface area contributed by atoms with E-state index in [-0.39, 0.29) is 17.8 Å². The number of aromatic carboxylic acids is 1. The molecule has 88 valence electrons. The molecular formula is C10H14N2O4. The summed E-state index contributed by atoms with van der Waals surface area (Å²) in [7, 11) is 0. The van der Waals surface area contributed by atoms with Gasteiger partial charge in [0, 0.05) is 12.6 Å². The molecule has 0 unspecified atom stereocenters. The van der Waals surface area contributed by atoms with Gasteiger partial charge in [0.05, 0.1) is 6.10 Å². The number of ether oxygens (including phenoxy) is 1. The third-order valence-corrected chi connectivity index (χ3v) is 2.55. The molecule has 1 aromatic rings. The van der Waals surface area contributed by atoms with Crippen LogP contribution in [0.15, 0.2) is 10.7 Å². The largest absolute Gasteiger partial charge is 0.476 e. The minimum absolute atomic E-state index is 0.0804. The average molecular weight is 226 g/mol. The van der Waals surface area contributed by atoms with E-state index in [0.717, 1.165) is 25.7 Å².